The van der Waals surface area contributed by atoms with E-state index in [2.05, 4.69) is 25.2 Å². The number of nitrogens with zero attached hydrogens (tertiary/aromatic N) is 5. The number of hydrogen-bond donors (Lipinski definition) is 2. The van der Waals surface area contributed by atoms with E-state index in [9.17, 15) is 9.90 Å². The minimum absolute atomic E-state index is 0.146. The molecule has 1 atom stereocenters. The molecule has 0 aliphatic carbocycles. The summed E-state index contributed by atoms with van der Waals surface area (Å²) in [6.45, 7) is 4.32. The maximum absolute atomic E-state index is 12.0. The summed E-state index contributed by atoms with van der Waals surface area (Å²) in [5.74, 6) is 1.14. The van der Waals surface area contributed by atoms with Gasteiger partial charge in [-0.1, -0.05) is 12.5 Å². The van der Waals surface area contributed by atoms with Gasteiger partial charge in [-0.05, 0) is 74.3 Å². The molecule has 1 amide bonds. The van der Waals surface area contributed by atoms with Gasteiger partial charge in [-0.15, -0.1) is 0 Å². The summed E-state index contributed by atoms with van der Waals surface area (Å²) in [5, 5.41) is 13.3. The molecular weight excluding hydrogens is 444 g/mol. The number of piperidine rings is 1. The van der Waals surface area contributed by atoms with Crippen molar-refractivity contribution in [1.29, 1.82) is 0 Å². The van der Waals surface area contributed by atoms with E-state index in [0.717, 1.165) is 30.0 Å². The zero-order valence-corrected chi connectivity index (χ0v) is 19.8. The predicted octanol–water partition coefficient (Wildman–Crippen LogP) is 4.46. The number of benzene rings is 1. The molecule has 184 valence electrons. The predicted molar refractivity (Wildman–Crippen MR) is 135 cm³/mol. The van der Waals surface area contributed by atoms with Crippen molar-refractivity contribution in [3.05, 3.63) is 72.9 Å². The number of aromatic nitrogens is 3. The highest BCUT2D eigenvalue weighted by atomic mass is 16.5. The average molecular weight is 477 g/mol. The molecule has 4 rings (SSSR count). The lowest BCUT2D eigenvalue weighted by molar-refractivity contribution is 0.201. The van der Waals surface area contributed by atoms with Crippen LogP contribution in [0, 0.1) is 0 Å². The van der Waals surface area contributed by atoms with Gasteiger partial charge in [0.25, 0.3) is 0 Å². The summed E-state index contributed by atoms with van der Waals surface area (Å²) in [4.78, 5) is 27.9. The zero-order chi connectivity index (χ0) is 24.3. The molecule has 1 fully saturated rings. The third kappa shape index (κ3) is 7.38. The summed E-state index contributed by atoms with van der Waals surface area (Å²) in [6.07, 6.45) is 10.2. The molecular formula is C26H32N6O3. The minimum atomic E-state index is -1.09. The van der Waals surface area contributed by atoms with Gasteiger partial charge in [0.05, 0.1) is 19.2 Å². The summed E-state index contributed by atoms with van der Waals surface area (Å²) < 4.78 is 5.93. The van der Waals surface area contributed by atoms with Crippen molar-refractivity contribution in [2.75, 3.05) is 43.0 Å². The molecule has 1 aliphatic rings. The van der Waals surface area contributed by atoms with Crippen LogP contribution in [0.2, 0.25) is 0 Å². The van der Waals surface area contributed by atoms with Crippen LogP contribution in [-0.2, 0) is 0 Å². The van der Waals surface area contributed by atoms with Crippen molar-refractivity contribution in [2.45, 2.75) is 31.7 Å². The van der Waals surface area contributed by atoms with Crippen molar-refractivity contribution in [3.63, 3.8) is 0 Å². The second-order valence-corrected chi connectivity index (χ2v) is 8.57. The zero-order valence-electron chi connectivity index (χ0n) is 19.8. The van der Waals surface area contributed by atoms with Crippen molar-refractivity contribution >= 4 is 17.6 Å². The third-order valence-electron chi connectivity index (χ3n) is 6.06. The van der Waals surface area contributed by atoms with E-state index in [-0.39, 0.29) is 12.6 Å². The molecule has 0 radical (unpaired) electrons. The molecule has 2 N–H and O–H groups in total. The normalized spacial score (nSPS) is 14.7. The van der Waals surface area contributed by atoms with Crippen LogP contribution in [-0.4, -0.2) is 63.8 Å². The molecule has 2 aromatic heterocycles. The van der Waals surface area contributed by atoms with Crippen LogP contribution in [0.5, 0.6) is 5.75 Å². The quantitative estimate of drug-likeness (QED) is 0.391. The van der Waals surface area contributed by atoms with Crippen molar-refractivity contribution in [1.82, 2.24) is 19.9 Å². The number of carboxylic acid groups (broad SMARTS) is 1. The van der Waals surface area contributed by atoms with Crippen LogP contribution in [0.1, 0.15) is 37.3 Å². The Hall–Kier alpha value is -3.72. The van der Waals surface area contributed by atoms with Gasteiger partial charge in [0.15, 0.2) is 0 Å². The molecule has 1 aromatic carbocycles. The Bertz CT molecular complexity index is 1030. The van der Waals surface area contributed by atoms with Crippen LogP contribution < -0.4 is 15.0 Å². The Morgan fingerprint density at radius 3 is 2.60 bits per heavy atom. The number of ether oxygens (including phenoxy) is 1. The molecule has 9 heteroatoms. The fraction of sp³-hybridized carbons (Fsp3) is 0.385. The van der Waals surface area contributed by atoms with Gasteiger partial charge in [0.1, 0.15) is 17.9 Å². The van der Waals surface area contributed by atoms with Crippen LogP contribution in [0.4, 0.5) is 16.3 Å². The largest absolute Gasteiger partial charge is 0.494 e. The number of likely N-dealkylation sites (tertiary alicyclic amines) is 1. The molecule has 1 saturated heterocycles. The summed E-state index contributed by atoms with van der Waals surface area (Å²) in [5.41, 5.74) is 1.72. The van der Waals surface area contributed by atoms with Crippen LogP contribution >= 0.6 is 0 Å². The second kappa shape index (κ2) is 12.7. The molecule has 9 nitrogen and oxygen atoms in total. The number of amides is 1. The van der Waals surface area contributed by atoms with E-state index in [0.29, 0.717) is 12.4 Å². The Morgan fingerprint density at radius 2 is 1.91 bits per heavy atom. The summed E-state index contributed by atoms with van der Waals surface area (Å²) >= 11 is 0. The lowest BCUT2D eigenvalue weighted by Gasteiger charge is -2.26. The molecule has 1 unspecified atom stereocenters. The van der Waals surface area contributed by atoms with Crippen LogP contribution in [0.15, 0.2) is 67.4 Å². The van der Waals surface area contributed by atoms with Gasteiger partial charge in [0, 0.05) is 30.8 Å². The maximum Gasteiger partial charge on any atom is 0.413 e. The number of nitrogens with one attached hydrogen (secondary N) is 1. The highest BCUT2D eigenvalue weighted by molar-refractivity contribution is 5.84. The monoisotopic (exact) mass is 476 g/mol. The molecule has 35 heavy (non-hydrogen) atoms. The lowest BCUT2D eigenvalue weighted by atomic mass is 10.1. The van der Waals surface area contributed by atoms with Gasteiger partial charge in [-0.3, -0.25) is 9.88 Å². The molecule has 0 spiro atoms. The maximum atomic E-state index is 12.0. The Labute approximate surface area is 205 Å². The second-order valence-electron chi connectivity index (χ2n) is 8.57. The van der Waals surface area contributed by atoms with E-state index in [1.54, 1.807) is 18.5 Å². The number of rotatable bonds is 11. The third-order valence-corrected chi connectivity index (χ3v) is 6.06. The van der Waals surface area contributed by atoms with Gasteiger partial charge in [-0.2, -0.15) is 0 Å². The highest BCUT2D eigenvalue weighted by Gasteiger charge is 2.22. The standard InChI is InChI=1S/C26H32N6O3/c33-26(34)32(25-11-13-28-20-29-25)19-24(21-6-4-12-27-18-21)30-22-7-9-23(10-8-22)35-17-5-16-31-14-2-1-3-15-31/h4,6-13,18,20,24,30H,1-3,5,14-17,19H2,(H,33,34). The van der Waals surface area contributed by atoms with Crippen LogP contribution in [0.25, 0.3) is 0 Å². The highest BCUT2D eigenvalue weighted by Crippen LogP contribution is 2.24. The van der Waals surface area contributed by atoms with E-state index < -0.39 is 6.09 Å². The summed E-state index contributed by atoms with van der Waals surface area (Å²) in [6, 6.07) is 12.7. The van der Waals surface area contributed by atoms with E-state index in [1.165, 1.54) is 49.8 Å². The fourth-order valence-electron chi connectivity index (χ4n) is 4.22. The number of hydrogen-bond acceptors (Lipinski definition) is 7. The van der Waals surface area contributed by atoms with Gasteiger partial charge in [-0.25, -0.2) is 14.8 Å². The van der Waals surface area contributed by atoms with Gasteiger partial charge in [0.2, 0.25) is 0 Å². The SMILES string of the molecule is O=C(O)N(CC(Nc1ccc(OCCCN2CCCCC2)cc1)c1cccnc1)c1ccncn1. The summed E-state index contributed by atoms with van der Waals surface area (Å²) in [7, 11) is 0. The van der Waals surface area contributed by atoms with Gasteiger partial charge >= 0.3 is 6.09 Å². The van der Waals surface area contributed by atoms with Crippen molar-refractivity contribution in [3.8, 4) is 5.75 Å². The molecule has 1 aliphatic heterocycles. The fourth-order valence-corrected chi connectivity index (χ4v) is 4.22. The lowest BCUT2D eigenvalue weighted by Crippen LogP contribution is -2.36. The Morgan fingerprint density at radius 1 is 1.09 bits per heavy atom. The number of anilines is 2. The topological polar surface area (TPSA) is 104 Å². The van der Waals surface area contributed by atoms with Gasteiger partial charge < -0.3 is 20.1 Å². The number of carbonyl (C=O) groups is 1. The van der Waals surface area contributed by atoms with Crippen molar-refractivity contribution < 1.29 is 14.6 Å². The smallest absolute Gasteiger partial charge is 0.413 e. The first-order chi connectivity index (χ1) is 17.2. The first-order valence-corrected chi connectivity index (χ1v) is 12.1. The first kappa shape index (κ1) is 24.4. The van der Waals surface area contributed by atoms with Crippen LogP contribution in [0.3, 0.4) is 0 Å². The molecule has 3 aromatic rings. The number of pyridine rings is 1. The average Bonchev–Trinajstić information content (AvgIpc) is 2.91. The van der Waals surface area contributed by atoms with E-state index in [4.69, 9.17) is 4.74 Å². The minimum Gasteiger partial charge on any atom is -0.494 e. The Balaban J connectivity index is 1.37. The molecule has 0 saturated carbocycles. The van der Waals surface area contributed by atoms with Crippen molar-refractivity contribution in [2.24, 2.45) is 0 Å². The van der Waals surface area contributed by atoms with E-state index in [1.807, 2.05) is 36.4 Å². The molecule has 3 heterocycles. The molecule has 0 bridgehead atoms. The van der Waals surface area contributed by atoms with E-state index >= 15 is 0 Å². The first-order valence-electron chi connectivity index (χ1n) is 12.1. The Kier molecular flexibility index (Phi) is 8.83.